The summed E-state index contributed by atoms with van der Waals surface area (Å²) in [6, 6.07) is 16.4. The Balaban J connectivity index is 1.60. The molecule has 0 saturated heterocycles. The minimum Gasteiger partial charge on any atom is -0.452 e. The summed E-state index contributed by atoms with van der Waals surface area (Å²) in [7, 11) is 0. The number of nitrogens with zero attached hydrogens (tertiary/aromatic N) is 3. The van der Waals surface area contributed by atoms with Crippen LogP contribution in [0, 0.1) is 12.7 Å². The SMILES string of the molecule is CCN(C(=O)COC(=O)c1cc(-c2ccc(F)cc2)nc2onc(C)c12)c1ccccc1. The molecule has 32 heavy (non-hydrogen) atoms. The number of hydrogen-bond donors (Lipinski definition) is 0. The van der Waals surface area contributed by atoms with E-state index in [0.29, 0.717) is 28.9 Å². The first kappa shape index (κ1) is 21.2. The number of fused-ring (bicyclic) bond motifs is 1. The Morgan fingerprint density at radius 2 is 1.81 bits per heavy atom. The highest BCUT2D eigenvalue weighted by molar-refractivity contribution is 6.05. The molecule has 4 rings (SSSR count). The molecule has 0 atom stereocenters. The number of ether oxygens (including phenoxy) is 1. The van der Waals surface area contributed by atoms with Gasteiger partial charge < -0.3 is 14.2 Å². The van der Waals surface area contributed by atoms with Crippen LogP contribution < -0.4 is 4.90 Å². The summed E-state index contributed by atoms with van der Waals surface area (Å²) < 4.78 is 23.9. The maximum atomic E-state index is 13.3. The van der Waals surface area contributed by atoms with Crippen molar-refractivity contribution < 1.29 is 23.2 Å². The summed E-state index contributed by atoms with van der Waals surface area (Å²) in [5.74, 6) is -1.44. The van der Waals surface area contributed by atoms with E-state index in [2.05, 4.69) is 10.1 Å². The summed E-state index contributed by atoms with van der Waals surface area (Å²) in [4.78, 5) is 31.5. The van der Waals surface area contributed by atoms with Crippen LogP contribution in [0.15, 0.2) is 65.2 Å². The third-order valence-electron chi connectivity index (χ3n) is 4.99. The van der Waals surface area contributed by atoms with Crippen LogP contribution >= 0.6 is 0 Å². The molecule has 8 heteroatoms. The highest BCUT2D eigenvalue weighted by Crippen LogP contribution is 2.27. The van der Waals surface area contributed by atoms with Crippen LogP contribution in [0.2, 0.25) is 0 Å². The number of rotatable bonds is 6. The Morgan fingerprint density at radius 3 is 2.50 bits per heavy atom. The van der Waals surface area contributed by atoms with E-state index in [-0.39, 0.29) is 23.0 Å². The zero-order valence-electron chi connectivity index (χ0n) is 17.5. The number of carbonyl (C=O) groups excluding carboxylic acids is 2. The number of esters is 1. The van der Waals surface area contributed by atoms with E-state index in [1.165, 1.54) is 23.1 Å². The second-order valence-corrected chi connectivity index (χ2v) is 7.06. The van der Waals surface area contributed by atoms with Gasteiger partial charge in [-0.1, -0.05) is 23.4 Å². The number of pyridine rings is 1. The van der Waals surface area contributed by atoms with Crippen LogP contribution in [0.3, 0.4) is 0 Å². The van der Waals surface area contributed by atoms with Gasteiger partial charge in [-0.15, -0.1) is 0 Å². The smallest absolute Gasteiger partial charge is 0.339 e. The van der Waals surface area contributed by atoms with Crippen LogP contribution in [0.25, 0.3) is 22.4 Å². The predicted molar refractivity (Wildman–Crippen MR) is 117 cm³/mol. The average Bonchev–Trinajstić information content (AvgIpc) is 3.19. The van der Waals surface area contributed by atoms with Gasteiger partial charge in [-0.05, 0) is 56.3 Å². The van der Waals surface area contributed by atoms with Crippen LogP contribution in [-0.2, 0) is 9.53 Å². The molecule has 4 aromatic rings. The molecule has 0 bridgehead atoms. The Bertz CT molecular complexity index is 1270. The number of benzene rings is 2. The van der Waals surface area contributed by atoms with E-state index in [1.807, 2.05) is 37.3 Å². The van der Waals surface area contributed by atoms with Crippen LogP contribution in [0.1, 0.15) is 23.0 Å². The van der Waals surface area contributed by atoms with Crippen molar-refractivity contribution in [2.75, 3.05) is 18.1 Å². The zero-order chi connectivity index (χ0) is 22.7. The Morgan fingerprint density at radius 1 is 1.09 bits per heavy atom. The minimum atomic E-state index is -0.704. The summed E-state index contributed by atoms with van der Waals surface area (Å²) in [5.41, 5.74) is 2.50. The monoisotopic (exact) mass is 433 g/mol. The van der Waals surface area contributed by atoms with Crippen molar-refractivity contribution in [1.29, 1.82) is 0 Å². The van der Waals surface area contributed by atoms with Crippen LogP contribution in [0.4, 0.5) is 10.1 Å². The van der Waals surface area contributed by atoms with Crippen molar-refractivity contribution in [3.05, 3.63) is 77.7 Å². The molecule has 0 radical (unpaired) electrons. The highest BCUT2D eigenvalue weighted by Gasteiger charge is 2.22. The van der Waals surface area contributed by atoms with Gasteiger partial charge in [0.2, 0.25) is 0 Å². The molecule has 0 saturated carbocycles. The lowest BCUT2D eigenvalue weighted by atomic mass is 10.1. The van der Waals surface area contributed by atoms with Gasteiger partial charge in [-0.2, -0.15) is 0 Å². The van der Waals surface area contributed by atoms with Gasteiger partial charge >= 0.3 is 5.97 Å². The molecular formula is C24H20FN3O4. The fourth-order valence-corrected chi connectivity index (χ4v) is 3.42. The molecule has 1 amide bonds. The van der Waals surface area contributed by atoms with Crippen LogP contribution in [0.5, 0.6) is 0 Å². The molecule has 0 N–H and O–H groups in total. The molecule has 0 spiro atoms. The summed E-state index contributed by atoms with van der Waals surface area (Å²) in [6.45, 7) is 3.52. The van der Waals surface area contributed by atoms with E-state index in [1.54, 1.807) is 19.1 Å². The summed E-state index contributed by atoms with van der Waals surface area (Å²) in [6.07, 6.45) is 0. The standard InChI is InChI=1S/C24H20FN3O4/c1-3-28(18-7-5-4-6-8-18)21(29)14-31-24(30)19-13-20(16-9-11-17(25)12-10-16)26-23-22(19)15(2)27-32-23/h4-13H,3,14H2,1-2H3. The lowest BCUT2D eigenvalue weighted by molar-refractivity contribution is -0.121. The van der Waals surface area contributed by atoms with Gasteiger partial charge in [0.25, 0.3) is 11.6 Å². The molecule has 162 valence electrons. The van der Waals surface area contributed by atoms with Crippen LogP contribution in [-0.4, -0.2) is 35.2 Å². The quantitative estimate of drug-likeness (QED) is 0.415. The molecule has 7 nitrogen and oxygen atoms in total. The van der Waals surface area contributed by atoms with E-state index < -0.39 is 12.6 Å². The van der Waals surface area contributed by atoms with Gasteiger partial charge in [-0.3, -0.25) is 4.79 Å². The maximum Gasteiger partial charge on any atom is 0.339 e. The Kier molecular flexibility index (Phi) is 5.93. The van der Waals surface area contributed by atoms with E-state index in [4.69, 9.17) is 9.26 Å². The molecular weight excluding hydrogens is 413 g/mol. The number of para-hydroxylation sites is 1. The molecule has 2 heterocycles. The first-order chi connectivity index (χ1) is 15.5. The van der Waals surface area contributed by atoms with Crippen molar-refractivity contribution in [3.8, 4) is 11.3 Å². The second-order valence-electron chi connectivity index (χ2n) is 7.06. The number of halogens is 1. The van der Waals surface area contributed by atoms with Gasteiger partial charge in [-0.25, -0.2) is 14.2 Å². The highest BCUT2D eigenvalue weighted by atomic mass is 19.1. The van der Waals surface area contributed by atoms with Crippen molar-refractivity contribution in [1.82, 2.24) is 10.1 Å². The molecule has 2 aromatic carbocycles. The molecule has 0 unspecified atom stereocenters. The molecule has 0 fully saturated rings. The lowest BCUT2D eigenvalue weighted by Gasteiger charge is -2.20. The molecule has 2 aromatic heterocycles. The van der Waals surface area contributed by atoms with Gasteiger partial charge in [0, 0.05) is 17.8 Å². The number of aromatic nitrogens is 2. The largest absolute Gasteiger partial charge is 0.452 e. The third kappa shape index (κ3) is 4.20. The molecule has 0 aliphatic heterocycles. The minimum absolute atomic E-state index is 0.155. The first-order valence-electron chi connectivity index (χ1n) is 10.0. The lowest BCUT2D eigenvalue weighted by Crippen LogP contribution is -2.34. The summed E-state index contributed by atoms with van der Waals surface area (Å²) >= 11 is 0. The van der Waals surface area contributed by atoms with Crippen molar-refractivity contribution in [3.63, 3.8) is 0 Å². The van der Waals surface area contributed by atoms with E-state index >= 15 is 0 Å². The van der Waals surface area contributed by atoms with Gasteiger partial charge in [0.15, 0.2) is 6.61 Å². The predicted octanol–water partition coefficient (Wildman–Crippen LogP) is 4.55. The molecule has 0 aliphatic rings. The Labute approximate surface area is 183 Å². The number of anilines is 1. The van der Waals surface area contributed by atoms with E-state index in [9.17, 15) is 14.0 Å². The van der Waals surface area contributed by atoms with Crippen molar-refractivity contribution in [2.24, 2.45) is 0 Å². The average molecular weight is 433 g/mol. The van der Waals surface area contributed by atoms with Gasteiger partial charge in [0.05, 0.1) is 22.3 Å². The topological polar surface area (TPSA) is 85.5 Å². The van der Waals surface area contributed by atoms with Crippen molar-refractivity contribution >= 4 is 28.7 Å². The Hall–Kier alpha value is -4.07. The number of aryl methyl sites for hydroxylation is 1. The number of amides is 1. The number of likely N-dealkylation sites (N-methyl/N-ethyl adjacent to an activating group) is 1. The molecule has 0 aliphatic carbocycles. The van der Waals surface area contributed by atoms with Gasteiger partial charge in [0.1, 0.15) is 5.82 Å². The second kappa shape index (κ2) is 8.97. The number of carbonyl (C=O) groups is 2. The normalized spacial score (nSPS) is 10.8. The third-order valence-corrected chi connectivity index (χ3v) is 4.99. The fraction of sp³-hybridized carbons (Fsp3) is 0.167. The van der Waals surface area contributed by atoms with Crippen molar-refractivity contribution in [2.45, 2.75) is 13.8 Å². The summed E-state index contributed by atoms with van der Waals surface area (Å²) in [5, 5.41) is 4.29. The fourth-order valence-electron chi connectivity index (χ4n) is 3.42. The number of hydrogen-bond acceptors (Lipinski definition) is 6. The first-order valence-corrected chi connectivity index (χ1v) is 10.0. The van der Waals surface area contributed by atoms with E-state index in [0.717, 1.165) is 5.69 Å². The maximum absolute atomic E-state index is 13.3. The zero-order valence-corrected chi connectivity index (χ0v) is 17.5.